The van der Waals surface area contributed by atoms with Crippen LogP contribution in [0.2, 0.25) is 0 Å². The Bertz CT molecular complexity index is 1390. The average Bonchev–Trinajstić information content (AvgIpc) is 3.45. The zero-order valence-corrected chi connectivity index (χ0v) is 21.0. The summed E-state index contributed by atoms with van der Waals surface area (Å²) in [5.41, 5.74) is 4.71. The second kappa shape index (κ2) is 9.11. The van der Waals surface area contributed by atoms with Crippen molar-refractivity contribution in [3.05, 3.63) is 34.9 Å². The molecule has 4 atom stereocenters. The summed E-state index contributed by atoms with van der Waals surface area (Å²) in [4.78, 5) is 47.3. The molecule has 2 saturated heterocycles. The standard InChI is InChI=1S/C21H19F6N7O6S/c22-20(23,24)7-1-2-9(21(25,26)27)8(3-7)14(36)40-11-5-34-16(29)30-10(4-33-12(35)6-41-17(33)37)13-18(34,19(11,38)39)32-15(28)31-13/h1-3,10-11,13,38-39H,4-6H2,(H2,29,30)(H3,28,31,32)/t10-,11-,13?,18-/m0/s1. The number of aliphatic imine (C=N–C) groups is 2. The summed E-state index contributed by atoms with van der Waals surface area (Å²) < 4.78 is 85.3. The van der Waals surface area contributed by atoms with Gasteiger partial charge < -0.3 is 36.6 Å². The number of rotatable bonds is 4. The lowest BCUT2D eigenvalue weighted by molar-refractivity contribution is -0.256. The molecule has 4 aliphatic rings. The molecule has 1 aromatic carbocycles. The lowest BCUT2D eigenvalue weighted by Crippen LogP contribution is -2.77. The van der Waals surface area contributed by atoms with E-state index in [4.69, 9.17) is 16.2 Å². The number of ether oxygens (including phenoxy) is 1. The Hall–Kier alpha value is -3.78. The minimum absolute atomic E-state index is 0.0543. The predicted molar refractivity (Wildman–Crippen MR) is 126 cm³/mol. The quantitative estimate of drug-likeness (QED) is 0.169. The average molecular weight is 611 g/mol. The first-order valence-electron chi connectivity index (χ1n) is 11.5. The van der Waals surface area contributed by atoms with Crippen molar-refractivity contribution < 1.29 is 55.7 Å². The van der Waals surface area contributed by atoms with Crippen LogP contribution < -0.4 is 16.8 Å². The molecule has 1 aromatic rings. The molecule has 222 valence electrons. The molecule has 13 nitrogen and oxygen atoms in total. The Kier molecular flexibility index (Phi) is 6.39. The first-order chi connectivity index (χ1) is 18.9. The number of nitrogens with one attached hydrogen (secondary N) is 1. The van der Waals surface area contributed by atoms with Gasteiger partial charge in [-0.2, -0.15) is 26.3 Å². The molecule has 1 spiro atoms. The summed E-state index contributed by atoms with van der Waals surface area (Å²) in [6.07, 6.45) is -12.5. The summed E-state index contributed by atoms with van der Waals surface area (Å²) in [6.45, 7) is -1.14. The molecule has 0 radical (unpaired) electrons. The highest BCUT2D eigenvalue weighted by Gasteiger charge is 2.74. The maximum Gasteiger partial charge on any atom is 0.417 e. The third kappa shape index (κ3) is 4.40. The Morgan fingerprint density at radius 3 is 2.41 bits per heavy atom. The van der Waals surface area contributed by atoms with Gasteiger partial charge >= 0.3 is 18.3 Å². The predicted octanol–water partition coefficient (Wildman–Crippen LogP) is -0.379. The van der Waals surface area contributed by atoms with Gasteiger partial charge in [-0.15, -0.1) is 0 Å². The Balaban J connectivity index is 1.49. The number of esters is 1. The zero-order chi connectivity index (χ0) is 30.3. The van der Waals surface area contributed by atoms with Crippen molar-refractivity contribution >= 4 is 40.8 Å². The molecule has 4 heterocycles. The van der Waals surface area contributed by atoms with Crippen molar-refractivity contribution in [3.63, 3.8) is 0 Å². The molecule has 20 heteroatoms. The van der Waals surface area contributed by atoms with E-state index in [1.165, 1.54) is 0 Å². The highest BCUT2D eigenvalue weighted by atomic mass is 32.2. The van der Waals surface area contributed by atoms with Gasteiger partial charge in [0.05, 0.1) is 41.6 Å². The number of amides is 2. The van der Waals surface area contributed by atoms with E-state index in [2.05, 4.69) is 15.3 Å². The molecule has 2 amide bonds. The minimum Gasteiger partial charge on any atom is -0.451 e. The number of nitrogens with two attached hydrogens (primary N) is 2. The summed E-state index contributed by atoms with van der Waals surface area (Å²) in [6, 6.07) is -2.49. The number of hydrogen-bond acceptors (Lipinski definition) is 13. The van der Waals surface area contributed by atoms with Crippen LogP contribution in [0.1, 0.15) is 21.5 Å². The smallest absolute Gasteiger partial charge is 0.417 e. The van der Waals surface area contributed by atoms with Crippen LogP contribution in [0.15, 0.2) is 28.2 Å². The van der Waals surface area contributed by atoms with Crippen molar-refractivity contribution in [1.82, 2.24) is 15.1 Å². The van der Waals surface area contributed by atoms with E-state index in [0.717, 1.165) is 21.6 Å². The number of carbonyl (C=O) groups excluding carboxylic acids is 3. The van der Waals surface area contributed by atoms with Crippen LogP contribution in [0.25, 0.3) is 0 Å². The van der Waals surface area contributed by atoms with Crippen LogP contribution in [0, 0.1) is 0 Å². The van der Waals surface area contributed by atoms with Crippen molar-refractivity contribution in [1.29, 1.82) is 0 Å². The van der Waals surface area contributed by atoms with Crippen molar-refractivity contribution in [2.75, 3.05) is 18.8 Å². The van der Waals surface area contributed by atoms with Gasteiger partial charge in [0.15, 0.2) is 23.7 Å². The van der Waals surface area contributed by atoms with Gasteiger partial charge in [-0.25, -0.2) is 14.8 Å². The number of carbonyl (C=O) groups is 3. The maximum atomic E-state index is 13.6. The largest absolute Gasteiger partial charge is 0.451 e. The molecule has 0 aliphatic carbocycles. The lowest BCUT2D eigenvalue weighted by atomic mass is 9.85. The third-order valence-corrected chi connectivity index (χ3v) is 7.94. The fraction of sp³-hybridized carbons (Fsp3) is 0.476. The van der Waals surface area contributed by atoms with Gasteiger partial charge in [0.1, 0.15) is 6.04 Å². The Labute approximate surface area is 229 Å². The number of hydrogen-bond donors (Lipinski definition) is 5. The number of benzene rings is 1. The second-order valence-electron chi connectivity index (χ2n) is 9.45. The van der Waals surface area contributed by atoms with Crippen molar-refractivity contribution in [3.8, 4) is 0 Å². The molecule has 2 fully saturated rings. The van der Waals surface area contributed by atoms with E-state index in [1.807, 2.05) is 0 Å². The van der Waals surface area contributed by atoms with Crippen LogP contribution in [0.5, 0.6) is 0 Å². The van der Waals surface area contributed by atoms with Gasteiger partial charge in [-0.1, -0.05) is 11.8 Å². The van der Waals surface area contributed by atoms with E-state index in [1.54, 1.807) is 0 Å². The summed E-state index contributed by atoms with van der Waals surface area (Å²) in [5, 5.41) is 24.5. The first kappa shape index (κ1) is 28.7. The molecule has 1 unspecified atom stereocenters. The number of imide groups is 1. The fourth-order valence-corrected chi connectivity index (χ4v) is 5.98. The fourth-order valence-electron chi connectivity index (χ4n) is 5.25. The molecule has 0 saturated carbocycles. The van der Waals surface area contributed by atoms with E-state index in [-0.39, 0.29) is 29.9 Å². The first-order valence-corrected chi connectivity index (χ1v) is 12.5. The molecule has 0 bridgehead atoms. The summed E-state index contributed by atoms with van der Waals surface area (Å²) in [7, 11) is 0. The van der Waals surface area contributed by atoms with Gasteiger partial charge in [-0.05, 0) is 18.2 Å². The number of thioether (sulfide) groups is 1. The summed E-state index contributed by atoms with van der Waals surface area (Å²) >= 11 is 0.721. The third-order valence-electron chi connectivity index (χ3n) is 7.08. The number of halogens is 6. The number of alkyl halides is 6. The maximum absolute atomic E-state index is 13.6. The van der Waals surface area contributed by atoms with Gasteiger partial charge in [0, 0.05) is 0 Å². The summed E-state index contributed by atoms with van der Waals surface area (Å²) in [5.74, 6) is -6.74. The monoisotopic (exact) mass is 611 g/mol. The van der Waals surface area contributed by atoms with E-state index in [9.17, 15) is 50.9 Å². The SMILES string of the molecule is NC1=NC2[C@H](CN3C(=O)CSC3=O)N=C(N)N3C[C@H](OC(=O)c4cc(C(F)(F)F)ccc4C(F)(F)F)C(O)(O)[C@]23N1. The van der Waals surface area contributed by atoms with E-state index < -0.39 is 94.8 Å². The molecule has 7 N–H and O–H groups in total. The Morgan fingerprint density at radius 1 is 1.15 bits per heavy atom. The van der Waals surface area contributed by atoms with Crippen molar-refractivity contribution in [2.45, 2.75) is 42.0 Å². The van der Waals surface area contributed by atoms with Gasteiger partial charge in [0.25, 0.3) is 5.24 Å². The van der Waals surface area contributed by atoms with Crippen molar-refractivity contribution in [2.24, 2.45) is 21.5 Å². The van der Waals surface area contributed by atoms with Crippen LogP contribution in [-0.2, 0) is 21.9 Å². The van der Waals surface area contributed by atoms with Gasteiger partial charge in [0.2, 0.25) is 11.7 Å². The van der Waals surface area contributed by atoms with Crippen LogP contribution in [0.3, 0.4) is 0 Å². The number of aliphatic hydroxyl groups is 2. The molecular formula is C21H19F6N7O6S. The van der Waals surface area contributed by atoms with Crippen LogP contribution in [-0.4, -0.2) is 97.5 Å². The highest BCUT2D eigenvalue weighted by molar-refractivity contribution is 8.14. The minimum atomic E-state index is -5.27. The zero-order valence-electron chi connectivity index (χ0n) is 20.2. The molecular weight excluding hydrogens is 592 g/mol. The number of nitrogens with zero attached hydrogens (tertiary/aromatic N) is 4. The molecule has 5 rings (SSSR count). The number of guanidine groups is 2. The lowest BCUT2D eigenvalue weighted by Gasteiger charge is -2.48. The van der Waals surface area contributed by atoms with Gasteiger partial charge in [-0.3, -0.25) is 14.5 Å². The Morgan fingerprint density at radius 2 is 1.83 bits per heavy atom. The topological polar surface area (TPSA) is 196 Å². The molecule has 4 aliphatic heterocycles. The normalized spacial score (nSPS) is 29.1. The van der Waals surface area contributed by atoms with E-state index >= 15 is 0 Å². The highest BCUT2D eigenvalue weighted by Crippen LogP contribution is 2.46. The second-order valence-corrected chi connectivity index (χ2v) is 10.4. The molecule has 41 heavy (non-hydrogen) atoms. The molecule has 0 aromatic heterocycles. The van der Waals surface area contributed by atoms with Crippen LogP contribution in [0.4, 0.5) is 31.1 Å². The van der Waals surface area contributed by atoms with E-state index in [0.29, 0.717) is 0 Å². The van der Waals surface area contributed by atoms with Crippen LogP contribution >= 0.6 is 11.8 Å².